The lowest BCUT2D eigenvalue weighted by Crippen LogP contribution is -2.54. The number of nitrogens with zero attached hydrogens (tertiary/aromatic N) is 3. The average Bonchev–Trinajstić information content (AvgIpc) is 2.56. The third-order valence-electron chi connectivity index (χ3n) is 4.37. The fraction of sp³-hybridized carbons (Fsp3) is 0.625. The van der Waals surface area contributed by atoms with Crippen LogP contribution in [0, 0.1) is 5.92 Å². The number of hydrogen-bond acceptors (Lipinski definition) is 4. The minimum absolute atomic E-state index is 0.0795. The van der Waals surface area contributed by atoms with Crippen LogP contribution in [-0.2, 0) is 16.1 Å². The minimum Gasteiger partial charge on any atom is -0.390 e. The number of aliphatic hydroxyl groups excluding tert-OH is 1. The molecule has 2 unspecified atom stereocenters. The molecule has 1 aliphatic carbocycles. The van der Waals surface area contributed by atoms with E-state index >= 15 is 0 Å². The van der Waals surface area contributed by atoms with E-state index in [4.69, 9.17) is 15.0 Å². The van der Waals surface area contributed by atoms with Crippen LogP contribution in [-0.4, -0.2) is 36.6 Å². The smallest absolute Gasteiger partial charge is 0.0950 e. The average molecular weight is 305 g/mol. The minimum atomic E-state index is -0.657. The normalized spacial score (nSPS) is 31.5. The summed E-state index contributed by atoms with van der Waals surface area (Å²) in [6.07, 6.45) is 0.0542. The lowest BCUT2D eigenvalue weighted by molar-refractivity contribution is -0.137. The summed E-state index contributed by atoms with van der Waals surface area (Å²) in [6, 6.07) is 9.22. The highest BCUT2D eigenvalue weighted by atomic mass is 16.5. The van der Waals surface area contributed by atoms with Gasteiger partial charge < -0.3 is 14.6 Å². The molecule has 5 atom stereocenters. The first-order valence-electron chi connectivity index (χ1n) is 7.61. The Kier molecular flexibility index (Phi) is 6.21. The van der Waals surface area contributed by atoms with Crippen molar-refractivity contribution < 1.29 is 14.6 Å². The van der Waals surface area contributed by atoms with Crippen molar-refractivity contribution in [1.29, 1.82) is 0 Å². The second-order valence-corrected chi connectivity index (χ2v) is 5.63. The molecule has 0 radical (unpaired) electrons. The first-order chi connectivity index (χ1) is 10.7. The zero-order valence-electron chi connectivity index (χ0n) is 13.0. The van der Waals surface area contributed by atoms with E-state index in [0.717, 1.165) is 12.0 Å². The first-order valence-corrected chi connectivity index (χ1v) is 7.61. The summed E-state index contributed by atoms with van der Waals surface area (Å²) in [5.41, 5.74) is 9.83. The summed E-state index contributed by atoms with van der Waals surface area (Å²) in [5.74, 6) is 0.0795. The van der Waals surface area contributed by atoms with Gasteiger partial charge in [-0.25, -0.2) is 0 Å². The fourth-order valence-corrected chi connectivity index (χ4v) is 3.07. The molecule has 22 heavy (non-hydrogen) atoms. The summed E-state index contributed by atoms with van der Waals surface area (Å²) in [6.45, 7) is 2.40. The van der Waals surface area contributed by atoms with Crippen LogP contribution in [0.1, 0.15) is 25.3 Å². The van der Waals surface area contributed by atoms with Gasteiger partial charge in [-0.2, -0.15) is 0 Å². The van der Waals surface area contributed by atoms with Crippen LogP contribution < -0.4 is 0 Å². The highest BCUT2D eigenvalue weighted by Gasteiger charge is 2.44. The molecule has 2 rings (SSSR count). The molecule has 120 valence electrons. The zero-order chi connectivity index (χ0) is 15.9. The molecule has 1 aliphatic rings. The molecule has 1 saturated carbocycles. The molecule has 0 aromatic heterocycles. The monoisotopic (exact) mass is 305 g/mol. The van der Waals surface area contributed by atoms with Gasteiger partial charge in [0.2, 0.25) is 0 Å². The number of aliphatic hydroxyl groups is 1. The van der Waals surface area contributed by atoms with E-state index in [1.165, 1.54) is 0 Å². The molecule has 1 aromatic rings. The van der Waals surface area contributed by atoms with Gasteiger partial charge >= 0.3 is 0 Å². The van der Waals surface area contributed by atoms with Gasteiger partial charge in [-0.3, -0.25) is 0 Å². The molecule has 6 heteroatoms. The number of methoxy groups -OCH3 is 1. The molecule has 1 fully saturated rings. The summed E-state index contributed by atoms with van der Waals surface area (Å²) in [4.78, 5) is 2.90. The van der Waals surface area contributed by atoms with Crippen molar-refractivity contribution in [2.24, 2.45) is 11.0 Å². The van der Waals surface area contributed by atoms with Crippen LogP contribution in [0.3, 0.4) is 0 Å². The Hall–Kier alpha value is -1.59. The predicted molar refractivity (Wildman–Crippen MR) is 83.2 cm³/mol. The van der Waals surface area contributed by atoms with Crippen molar-refractivity contribution in [3.63, 3.8) is 0 Å². The zero-order valence-corrected chi connectivity index (χ0v) is 13.0. The first kappa shape index (κ1) is 16.8. The third-order valence-corrected chi connectivity index (χ3v) is 4.37. The van der Waals surface area contributed by atoms with Gasteiger partial charge in [0.25, 0.3) is 0 Å². The molecule has 0 heterocycles. The van der Waals surface area contributed by atoms with Crippen LogP contribution in [0.5, 0.6) is 0 Å². The molecule has 0 aliphatic heterocycles. The fourth-order valence-electron chi connectivity index (χ4n) is 3.07. The maximum Gasteiger partial charge on any atom is 0.0950 e. The molecule has 1 N–H and O–H groups in total. The van der Waals surface area contributed by atoms with E-state index in [-0.39, 0.29) is 12.0 Å². The van der Waals surface area contributed by atoms with Crippen LogP contribution >= 0.6 is 0 Å². The van der Waals surface area contributed by atoms with E-state index in [1.807, 2.05) is 37.3 Å². The molecule has 0 spiro atoms. The predicted octanol–water partition coefficient (Wildman–Crippen LogP) is 3.06. The Labute approximate surface area is 130 Å². The topological polar surface area (TPSA) is 87.5 Å². The molecular formula is C16H23N3O3. The van der Waals surface area contributed by atoms with Gasteiger partial charge in [0.15, 0.2) is 0 Å². The highest BCUT2D eigenvalue weighted by Crippen LogP contribution is 2.33. The lowest BCUT2D eigenvalue weighted by atomic mass is 9.78. The van der Waals surface area contributed by atoms with E-state index in [9.17, 15) is 5.11 Å². The van der Waals surface area contributed by atoms with Gasteiger partial charge in [0.1, 0.15) is 0 Å². The van der Waals surface area contributed by atoms with Crippen LogP contribution in [0.15, 0.2) is 35.4 Å². The van der Waals surface area contributed by atoms with Crippen LogP contribution in [0.2, 0.25) is 0 Å². The summed E-state index contributed by atoms with van der Waals surface area (Å²) < 4.78 is 11.4. The Morgan fingerprint density at radius 1 is 1.36 bits per heavy atom. The Morgan fingerprint density at radius 3 is 2.68 bits per heavy atom. The van der Waals surface area contributed by atoms with Gasteiger partial charge in [-0.15, -0.1) is 0 Å². The second-order valence-electron chi connectivity index (χ2n) is 5.63. The number of hydrogen-bond donors (Lipinski definition) is 1. The second kappa shape index (κ2) is 8.15. The molecule has 0 bridgehead atoms. The summed E-state index contributed by atoms with van der Waals surface area (Å²) in [7, 11) is 1.60. The SMILES string of the molecule is CCC1C[C@@H](OC)C(N=[N+]=[N-])[C@@H](OCc2ccccc2)[C@H]1O. The van der Waals surface area contributed by atoms with E-state index in [0.29, 0.717) is 13.0 Å². The molecule has 1 aromatic carbocycles. The Morgan fingerprint density at radius 2 is 2.09 bits per heavy atom. The summed E-state index contributed by atoms with van der Waals surface area (Å²) in [5, 5.41) is 14.4. The van der Waals surface area contributed by atoms with E-state index < -0.39 is 18.2 Å². The number of benzene rings is 1. The van der Waals surface area contributed by atoms with Crippen molar-refractivity contribution in [2.75, 3.05) is 7.11 Å². The molecule has 6 nitrogen and oxygen atoms in total. The van der Waals surface area contributed by atoms with E-state index in [1.54, 1.807) is 7.11 Å². The maximum atomic E-state index is 10.6. The van der Waals surface area contributed by atoms with Gasteiger partial charge in [-0.05, 0) is 23.4 Å². The van der Waals surface area contributed by atoms with Crippen LogP contribution in [0.25, 0.3) is 10.4 Å². The maximum absolute atomic E-state index is 10.6. The lowest BCUT2D eigenvalue weighted by Gasteiger charge is -2.42. The van der Waals surface area contributed by atoms with Gasteiger partial charge in [-0.1, -0.05) is 48.8 Å². The van der Waals surface area contributed by atoms with Crippen molar-refractivity contribution >= 4 is 0 Å². The number of azide groups is 1. The van der Waals surface area contributed by atoms with Crippen molar-refractivity contribution in [3.05, 3.63) is 46.3 Å². The third kappa shape index (κ3) is 3.78. The van der Waals surface area contributed by atoms with Gasteiger partial charge in [0.05, 0.1) is 31.0 Å². The number of ether oxygens (including phenoxy) is 2. The van der Waals surface area contributed by atoms with Crippen LogP contribution in [0.4, 0.5) is 0 Å². The largest absolute Gasteiger partial charge is 0.390 e. The van der Waals surface area contributed by atoms with Crippen molar-refractivity contribution in [1.82, 2.24) is 0 Å². The molecule has 0 saturated heterocycles. The highest BCUT2D eigenvalue weighted by molar-refractivity contribution is 5.13. The van der Waals surface area contributed by atoms with Crippen molar-refractivity contribution in [2.45, 2.75) is 50.7 Å². The summed E-state index contributed by atoms with van der Waals surface area (Å²) >= 11 is 0. The standard InChI is InChI=1S/C16H23N3O3/c1-3-12-9-13(21-2)14(18-19-17)16(15(12)20)22-10-11-7-5-4-6-8-11/h4-8,12-16,20H,3,9-10H2,1-2H3/t12?,13-,14?,15+,16-/m1/s1. The molecular weight excluding hydrogens is 282 g/mol. The van der Waals surface area contributed by atoms with E-state index in [2.05, 4.69) is 10.0 Å². The Bertz CT molecular complexity index is 505. The van der Waals surface area contributed by atoms with Crippen molar-refractivity contribution in [3.8, 4) is 0 Å². The van der Waals surface area contributed by atoms with Gasteiger partial charge in [0, 0.05) is 12.0 Å². The molecule has 0 amide bonds. The number of rotatable bonds is 6. The quantitative estimate of drug-likeness (QED) is 0.497. The Balaban J connectivity index is 2.15.